The Labute approximate surface area is 185 Å². The van der Waals surface area contributed by atoms with Gasteiger partial charge in [0.25, 0.3) is 5.91 Å². The lowest BCUT2D eigenvalue weighted by Gasteiger charge is -2.16. The fraction of sp³-hybridized carbons (Fsp3) is 0.125. The number of amides is 1. The zero-order valence-corrected chi connectivity index (χ0v) is 17.7. The lowest BCUT2D eigenvalue weighted by molar-refractivity contribution is 0.102. The molecule has 0 aliphatic carbocycles. The fourth-order valence-electron chi connectivity index (χ4n) is 3.14. The van der Waals surface area contributed by atoms with Crippen LogP contribution in [-0.4, -0.2) is 33.0 Å². The Morgan fingerprint density at radius 1 is 0.969 bits per heavy atom. The molecule has 32 heavy (non-hydrogen) atoms. The van der Waals surface area contributed by atoms with Gasteiger partial charge in [0.05, 0.1) is 43.0 Å². The van der Waals surface area contributed by atoms with E-state index in [1.807, 2.05) is 37.3 Å². The molecule has 0 saturated carbocycles. The van der Waals surface area contributed by atoms with Gasteiger partial charge in [0.1, 0.15) is 11.6 Å². The lowest BCUT2D eigenvalue weighted by atomic mass is 10.1. The second kappa shape index (κ2) is 9.65. The number of nitrogens with zero attached hydrogens (tertiary/aromatic N) is 4. The summed E-state index contributed by atoms with van der Waals surface area (Å²) in [6, 6.07) is 12.9. The second-order valence-electron chi connectivity index (χ2n) is 7.09. The fourth-order valence-corrected chi connectivity index (χ4v) is 3.14. The number of hydrogen-bond donors (Lipinski definition) is 2. The van der Waals surface area contributed by atoms with E-state index in [1.54, 1.807) is 50.2 Å². The molecular weight excluding hydrogens is 404 g/mol. The van der Waals surface area contributed by atoms with Gasteiger partial charge in [-0.2, -0.15) is 0 Å². The summed E-state index contributed by atoms with van der Waals surface area (Å²) in [5, 5.41) is 6.27. The third kappa shape index (κ3) is 5.04. The number of rotatable bonds is 7. The maximum atomic E-state index is 12.4. The number of hydrogen-bond acceptors (Lipinski definition) is 7. The van der Waals surface area contributed by atoms with Crippen LogP contribution in [0.1, 0.15) is 28.9 Å². The van der Waals surface area contributed by atoms with Crippen molar-refractivity contribution in [3.63, 3.8) is 0 Å². The molecule has 1 aromatic carbocycles. The first kappa shape index (κ1) is 20.9. The summed E-state index contributed by atoms with van der Waals surface area (Å²) in [6.45, 7) is 2.02. The molecule has 0 bridgehead atoms. The predicted molar refractivity (Wildman–Crippen MR) is 122 cm³/mol. The number of ether oxygens (including phenoxy) is 1. The average molecular weight is 426 g/mol. The van der Waals surface area contributed by atoms with E-state index < -0.39 is 0 Å². The third-order valence-electron chi connectivity index (χ3n) is 4.81. The standard InChI is InChI=1S/C24H22N6O2/c1-16(17-5-3-7-20(9-17)29-24(31)18-6-4-8-25-11-18)28-23-15-27-14-22(30-23)19-10-21(32-2)13-26-12-19/h3-16H,1-2H3,(H,28,30)(H,29,31)/t16-/m0/s1. The molecule has 2 N–H and O–H groups in total. The van der Waals surface area contributed by atoms with Gasteiger partial charge in [-0.15, -0.1) is 0 Å². The first-order valence-electron chi connectivity index (χ1n) is 10.0. The Morgan fingerprint density at radius 2 is 1.84 bits per heavy atom. The van der Waals surface area contributed by atoms with E-state index in [4.69, 9.17) is 4.74 Å². The molecule has 8 heteroatoms. The molecule has 0 saturated heterocycles. The van der Waals surface area contributed by atoms with Crippen molar-refractivity contribution >= 4 is 17.4 Å². The number of anilines is 2. The number of benzene rings is 1. The highest BCUT2D eigenvalue weighted by Crippen LogP contribution is 2.24. The minimum Gasteiger partial charge on any atom is -0.495 e. The molecule has 4 aromatic rings. The van der Waals surface area contributed by atoms with Crippen molar-refractivity contribution in [2.75, 3.05) is 17.7 Å². The Balaban J connectivity index is 1.48. The van der Waals surface area contributed by atoms with Gasteiger partial charge in [-0.3, -0.25) is 19.7 Å². The molecule has 160 valence electrons. The van der Waals surface area contributed by atoms with Crippen LogP contribution in [0.25, 0.3) is 11.3 Å². The molecule has 0 fully saturated rings. The minimum absolute atomic E-state index is 0.0711. The summed E-state index contributed by atoms with van der Waals surface area (Å²) in [6.07, 6.45) is 9.87. The lowest BCUT2D eigenvalue weighted by Crippen LogP contribution is -2.13. The Morgan fingerprint density at radius 3 is 2.66 bits per heavy atom. The van der Waals surface area contributed by atoms with Crippen molar-refractivity contribution in [1.82, 2.24) is 19.9 Å². The zero-order valence-electron chi connectivity index (χ0n) is 17.7. The van der Waals surface area contributed by atoms with E-state index in [-0.39, 0.29) is 11.9 Å². The Kier molecular flexibility index (Phi) is 6.31. The monoisotopic (exact) mass is 426 g/mol. The second-order valence-corrected chi connectivity index (χ2v) is 7.09. The molecular formula is C24H22N6O2. The summed E-state index contributed by atoms with van der Waals surface area (Å²) in [5.41, 5.74) is 3.69. The molecule has 1 atom stereocenters. The van der Waals surface area contributed by atoms with E-state index in [9.17, 15) is 4.79 Å². The van der Waals surface area contributed by atoms with Crippen molar-refractivity contribution in [1.29, 1.82) is 0 Å². The molecule has 0 aliphatic rings. The van der Waals surface area contributed by atoms with Gasteiger partial charge in [0.15, 0.2) is 0 Å². The number of pyridine rings is 2. The van der Waals surface area contributed by atoms with Crippen molar-refractivity contribution in [2.24, 2.45) is 0 Å². The molecule has 0 aliphatic heterocycles. The van der Waals surface area contributed by atoms with Crippen LogP contribution in [0.5, 0.6) is 5.75 Å². The predicted octanol–water partition coefficient (Wildman–Crippen LogP) is 4.37. The molecule has 0 unspecified atom stereocenters. The highest BCUT2D eigenvalue weighted by Gasteiger charge is 2.11. The topological polar surface area (TPSA) is 102 Å². The minimum atomic E-state index is -0.207. The van der Waals surface area contributed by atoms with Crippen molar-refractivity contribution in [3.05, 3.63) is 90.8 Å². The van der Waals surface area contributed by atoms with Gasteiger partial charge in [-0.05, 0) is 42.8 Å². The molecule has 3 heterocycles. The largest absolute Gasteiger partial charge is 0.495 e. The Hall–Kier alpha value is -4.33. The number of carbonyl (C=O) groups is 1. The van der Waals surface area contributed by atoms with Gasteiger partial charge < -0.3 is 15.4 Å². The molecule has 0 radical (unpaired) electrons. The summed E-state index contributed by atoms with van der Waals surface area (Å²) < 4.78 is 5.24. The van der Waals surface area contributed by atoms with Crippen LogP contribution in [0, 0.1) is 0 Å². The molecule has 8 nitrogen and oxygen atoms in total. The van der Waals surface area contributed by atoms with E-state index in [0.717, 1.165) is 11.1 Å². The highest BCUT2D eigenvalue weighted by atomic mass is 16.5. The third-order valence-corrected chi connectivity index (χ3v) is 4.81. The molecule has 4 rings (SSSR count). The first-order valence-corrected chi connectivity index (χ1v) is 10.0. The summed E-state index contributed by atoms with van der Waals surface area (Å²) in [5.74, 6) is 1.07. The van der Waals surface area contributed by atoms with Gasteiger partial charge in [-0.25, -0.2) is 4.98 Å². The normalized spacial score (nSPS) is 11.4. The maximum absolute atomic E-state index is 12.4. The van der Waals surface area contributed by atoms with Crippen LogP contribution >= 0.6 is 0 Å². The van der Waals surface area contributed by atoms with Crippen LogP contribution < -0.4 is 15.4 Å². The molecule has 3 aromatic heterocycles. The van der Waals surface area contributed by atoms with Crippen molar-refractivity contribution < 1.29 is 9.53 Å². The molecule has 0 spiro atoms. The zero-order chi connectivity index (χ0) is 22.3. The van der Waals surface area contributed by atoms with Gasteiger partial charge in [0, 0.05) is 29.8 Å². The van der Waals surface area contributed by atoms with Crippen LogP contribution in [0.2, 0.25) is 0 Å². The van der Waals surface area contributed by atoms with E-state index in [2.05, 4.69) is 30.6 Å². The summed E-state index contributed by atoms with van der Waals surface area (Å²) >= 11 is 0. The number of nitrogens with one attached hydrogen (secondary N) is 2. The summed E-state index contributed by atoms with van der Waals surface area (Å²) in [7, 11) is 1.60. The van der Waals surface area contributed by atoms with Crippen LogP contribution in [0.3, 0.4) is 0 Å². The van der Waals surface area contributed by atoms with Gasteiger partial charge in [0.2, 0.25) is 0 Å². The number of methoxy groups -OCH3 is 1. The van der Waals surface area contributed by atoms with E-state index in [1.165, 1.54) is 6.20 Å². The van der Waals surface area contributed by atoms with E-state index >= 15 is 0 Å². The number of aromatic nitrogens is 4. The van der Waals surface area contributed by atoms with E-state index in [0.29, 0.717) is 28.5 Å². The SMILES string of the molecule is COc1cncc(-c2cncc(N[C@@H](C)c3cccc(NC(=O)c4cccnc4)c3)n2)c1. The van der Waals surface area contributed by atoms with Crippen LogP contribution in [0.4, 0.5) is 11.5 Å². The van der Waals surface area contributed by atoms with Crippen molar-refractivity contribution in [2.45, 2.75) is 13.0 Å². The maximum Gasteiger partial charge on any atom is 0.257 e. The number of carbonyl (C=O) groups excluding carboxylic acids is 1. The van der Waals surface area contributed by atoms with Crippen molar-refractivity contribution in [3.8, 4) is 17.0 Å². The van der Waals surface area contributed by atoms with Gasteiger partial charge in [-0.1, -0.05) is 12.1 Å². The first-order chi connectivity index (χ1) is 15.6. The van der Waals surface area contributed by atoms with Gasteiger partial charge >= 0.3 is 0 Å². The smallest absolute Gasteiger partial charge is 0.257 e. The molecule has 1 amide bonds. The Bertz CT molecular complexity index is 1220. The summed E-state index contributed by atoms with van der Waals surface area (Å²) in [4.78, 5) is 29.5. The van der Waals surface area contributed by atoms with Crippen LogP contribution in [0.15, 0.2) is 79.6 Å². The highest BCUT2D eigenvalue weighted by molar-refractivity contribution is 6.04. The quantitative estimate of drug-likeness (QED) is 0.452. The van der Waals surface area contributed by atoms with Crippen LogP contribution in [-0.2, 0) is 0 Å². The average Bonchev–Trinajstić information content (AvgIpc) is 2.85.